The lowest BCUT2D eigenvalue weighted by atomic mass is 10.1. The van der Waals surface area contributed by atoms with E-state index < -0.39 is 0 Å². The van der Waals surface area contributed by atoms with Crippen LogP contribution in [0, 0.1) is 0 Å². The van der Waals surface area contributed by atoms with Gasteiger partial charge >= 0.3 is 0 Å². The smallest absolute Gasteiger partial charge is 0.236 e. The van der Waals surface area contributed by atoms with Crippen LogP contribution in [0.5, 0.6) is 0 Å². The number of hydrogen-bond acceptors (Lipinski definition) is 2. The van der Waals surface area contributed by atoms with Gasteiger partial charge in [-0.15, -0.1) is 0 Å². The molecule has 0 bridgehead atoms. The molecule has 5 heteroatoms. The van der Waals surface area contributed by atoms with E-state index in [4.69, 9.17) is 0 Å². The van der Waals surface area contributed by atoms with E-state index in [9.17, 15) is 9.59 Å². The van der Waals surface area contributed by atoms with Crippen LogP contribution >= 0.6 is 15.9 Å². The van der Waals surface area contributed by atoms with Crippen LogP contribution in [0.2, 0.25) is 0 Å². The van der Waals surface area contributed by atoms with Crippen LogP contribution in [-0.4, -0.2) is 40.2 Å². The normalized spacial score (nSPS) is 21.5. The minimum absolute atomic E-state index is 0.00185. The molecule has 1 atom stereocenters. The molecule has 1 fully saturated rings. The Balaban J connectivity index is 2.35. The molecule has 0 aromatic carbocycles. The standard InChI is InChI=1S/C12H21BrN2O2/c1-12(2,3)14-10(16)6-8-15-7-4-5-9(13)11(15)17/h9H,4-8H2,1-3H3,(H,14,16). The van der Waals surface area contributed by atoms with Gasteiger partial charge in [-0.05, 0) is 33.6 Å². The molecule has 17 heavy (non-hydrogen) atoms. The van der Waals surface area contributed by atoms with Crippen molar-refractivity contribution < 1.29 is 9.59 Å². The zero-order valence-electron chi connectivity index (χ0n) is 10.8. The summed E-state index contributed by atoms with van der Waals surface area (Å²) in [6.45, 7) is 7.13. The van der Waals surface area contributed by atoms with E-state index >= 15 is 0 Å². The second kappa shape index (κ2) is 5.85. The molecule has 0 spiro atoms. The lowest BCUT2D eigenvalue weighted by molar-refractivity contribution is -0.133. The van der Waals surface area contributed by atoms with Crippen molar-refractivity contribution in [2.45, 2.75) is 50.4 Å². The van der Waals surface area contributed by atoms with Gasteiger partial charge < -0.3 is 10.2 Å². The van der Waals surface area contributed by atoms with E-state index in [0.717, 1.165) is 19.4 Å². The molecule has 4 nitrogen and oxygen atoms in total. The molecule has 1 saturated heterocycles. The topological polar surface area (TPSA) is 49.4 Å². The molecule has 1 N–H and O–H groups in total. The van der Waals surface area contributed by atoms with E-state index in [1.165, 1.54) is 0 Å². The van der Waals surface area contributed by atoms with Gasteiger partial charge in [-0.2, -0.15) is 0 Å². The Kier molecular flexibility index (Phi) is 4.98. The molecule has 0 saturated carbocycles. The van der Waals surface area contributed by atoms with Crippen molar-refractivity contribution in [3.05, 3.63) is 0 Å². The average molecular weight is 305 g/mol. The van der Waals surface area contributed by atoms with Gasteiger partial charge in [0.15, 0.2) is 0 Å². The lowest BCUT2D eigenvalue weighted by Crippen LogP contribution is -2.45. The summed E-state index contributed by atoms with van der Waals surface area (Å²) in [4.78, 5) is 25.1. The highest BCUT2D eigenvalue weighted by Crippen LogP contribution is 2.18. The molecule has 0 radical (unpaired) electrons. The maximum absolute atomic E-state index is 11.8. The molecule has 1 aliphatic rings. The van der Waals surface area contributed by atoms with Crippen molar-refractivity contribution in [1.29, 1.82) is 0 Å². The van der Waals surface area contributed by atoms with Crippen molar-refractivity contribution in [3.63, 3.8) is 0 Å². The Bertz CT molecular complexity index is 299. The monoisotopic (exact) mass is 304 g/mol. The van der Waals surface area contributed by atoms with Gasteiger partial charge in [0.05, 0.1) is 4.83 Å². The quantitative estimate of drug-likeness (QED) is 0.807. The Morgan fingerprint density at radius 3 is 2.76 bits per heavy atom. The SMILES string of the molecule is CC(C)(C)NC(=O)CCN1CCCC(Br)C1=O. The van der Waals surface area contributed by atoms with E-state index in [1.54, 1.807) is 4.90 Å². The number of hydrogen-bond donors (Lipinski definition) is 1. The van der Waals surface area contributed by atoms with Gasteiger partial charge in [0.2, 0.25) is 11.8 Å². The van der Waals surface area contributed by atoms with Crippen molar-refractivity contribution in [3.8, 4) is 0 Å². The van der Waals surface area contributed by atoms with E-state index in [0.29, 0.717) is 13.0 Å². The summed E-state index contributed by atoms with van der Waals surface area (Å²) in [5, 5.41) is 2.90. The third-order valence-electron chi connectivity index (χ3n) is 2.59. The second-order valence-corrected chi connectivity index (χ2v) is 6.59. The summed E-state index contributed by atoms with van der Waals surface area (Å²) >= 11 is 3.36. The van der Waals surface area contributed by atoms with Crippen LogP contribution in [0.4, 0.5) is 0 Å². The van der Waals surface area contributed by atoms with Crippen LogP contribution in [0.1, 0.15) is 40.0 Å². The molecule has 1 aliphatic heterocycles. The molecule has 1 rings (SSSR count). The predicted octanol–water partition coefficient (Wildman–Crippen LogP) is 1.68. The second-order valence-electron chi connectivity index (χ2n) is 5.48. The average Bonchev–Trinajstić information content (AvgIpc) is 2.18. The van der Waals surface area contributed by atoms with Gasteiger partial charge in [0, 0.05) is 25.0 Å². The first-order valence-electron chi connectivity index (χ1n) is 6.03. The van der Waals surface area contributed by atoms with Crippen LogP contribution < -0.4 is 5.32 Å². The summed E-state index contributed by atoms with van der Waals surface area (Å²) in [5.74, 6) is 0.113. The minimum Gasteiger partial charge on any atom is -0.351 e. The number of carbonyl (C=O) groups is 2. The van der Waals surface area contributed by atoms with Crippen molar-refractivity contribution in [1.82, 2.24) is 10.2 Å². The third-order valence-corrected chi connectivity index (χ3v) is 3.44. The summed E-state index contributed by atoms with van der Waals surface area (Å²) < 4.78 is 0. The fourth-order valence-electron chi connectivity index (χ4n) is 1.83. The Morgan fingerprint density at radius 1 is 1.53 bits per heavy atom. The third kappa shape index (κ3) is 5.06. The molecule has 0 aliphatic carbocycles. The van der Waals surface area contributed by atoms with E-state index in [2.05, 4.69) is 21.2 Å². The van der Waals surface area contributed by atoms with Gasteiger partial charge in [-0.25, -0.2) is 0 Å². The van der Waals surface area contributed by atoms with Gasteiger partial charge in [0.25, 0.3) is 0 Å². The number of nitrogens with zero attached hydrogens (tertiary/aromatic N) is 1. The highest BCUT2D eigenvalue weighted by Gasteiger charge is 2.26. The lowest BCUT2D eigenvalue weighted by Gasteiger charge is -2.30. The first kappa shape index (κ1) is 14.5. The number of likely N-dealkylation sites (tertiary alicyclic amines) is 1. The molecule has 98 valence electrons. The summed E-state index contributed by atoms with van der Waals surface area (Å²) in [7, 11) is 0. The summed E-state index contributed by atoms with van der Waals surface area (Å²) in [6, 6.07) is 0. The van der Waals surface area contributed by atoms with Crippen LogP contribution in [0.25, 0.3) is 0 Å². The number of nitrogens with one attached hydrogen (secondary N) is 1. The van der Waals surface area contributed by atoms with Crippen LogP contribution in [-0.2, 0) is 9.59 Å². The van der Waals surface area contributed by atoms with Gasteiger partial charge in [-0.3, -0.25) is 9.59 Å². The first-order chi connectivity index (χ1) is 7.79. The largest absolute Gasteiger partial charge is 0.351 e. The van der Waals surface area contributed by atoms with Gasteiger partial charge in [0.1, 0.15) is 0 Å². The zero-order valence-corrected chi connectivity index (χ0v) is 12.3. The van der Waals surface area contributed by atoms with Gasteiger partial charge in [-0.1, -0.05) is 15.9 Å². The number of rotatable bonds is 3. The van der Waals surface area contributed by atoms with E-state index in [1.807, 2.05) is 20.8 Å². The molecule has 0 aromatic rings. The van der Waals surface area contributed by atoms with Crippen LogP contribution in [0.15, 0.2) is 0 Å². The van der Waals surface area contributed by atoms with Crippen molar-refractivity contribution >= 4 is 27.7 Å². The number of amides is 2. The molecular formula is C12H21BrN2O2. The Labute approximate surface area is 111 Å². The highest BCUT2D eigenvalue weighted by molar-refractivity contribution is 9.10. The van der Waals surface area contributed by atoms with Crippen molar-refractivity contribution in [2.24, 2.45) is 0 Å². The number of carbonyl (C=O) groups excluding carboxylic acids is 2. The fraction of sp³-hybridized carbons (Fsp3) is 0.833. The Hall–Kier alpha value is -0.580. The zero-order chi connectivity index (χ0) is 13.1. The Morgan fingerprint density at radius 2 is 2.18 bits per heavy atom. The summed E-state index contributed by atoms with van der Waals surface area (Å²) in [6.07, 6.45) is 2.27. The molecule has 1 unspecified atom stereocenters. The number of halogens is 1. The maximum atomic E-state index is 11.8. The van der Waals surface area contributed by atoms with Crippen LogP contribution in [0.3, 0.4) is 0 Å². The maximum Gasteiger partial charge on any atom is 0.236 e. The van der Waals surface area contributed by atoms with E-state index in [-0.39, 0.29) is 22.2 Å². The first-order valence-corrected chi connectivity index (χ1v) is 6.95. The fourth-order valence-corrected chi connectivity index (χ4v) is 2.45. The molecule has 1 heterocycles. The number of alkyl halides is 1. The summed E-state index contributed by atoms with van der Waals surface area (Å²) in [5.41, 5.74) is -0.207. The highest BCUT2D eigenvalue weighted by atomic mass is 79.9. The molecule has 0 aromatic heterocycles. The molecular weight excluding hydrogens is 284 g/mol. The number of piperidine rings is 1. The van der Waals surface area contributed by atoms with Crippen molar-refractivity contribution in [2.75, 3.05) is 13.1 Å². The molecule has 2 amide bonds. The predicted molar refractivity (Wildman–Crippen MR) is 71.0 cm³/mol. The minimum atomic E-state index is -0.207.